The molecule has 2 heteroatoms. The summed E-state index contributed by atoms with van der Waals surface area (Å²) in [6.07, 6.45) is 1.83. The highest BCUT2D eigenvalue weighted by Gasteiger charge is 1.93. The number of benzene rings is 1. The van der Waals surface area contributed by atoms with E-state index in [-0.39, 0.29) is 6.61 Å². The molecule has 0 saturated heterocycles. The molecule has 0 aromatic heterocycles. The quantitative estimate of drug-likeness (QED) is 0.823. The summed E-state index contributed by atoms with van der Waals surface area (Å²) in [5.74, 6) is 0. The van der Waals surface area contributed by atoms with Gasteiger partial charge in [0.2, 0.25) is 0 Å². The summed E-state index contributed by atoms with van der Waals surface area (Å²) in [5.41, 5.74) is 2.55. The molecule has 0 radical (unpaired) electrons. The third kappa shape index (κ3) is 5.40. The Hall–Kier alpha value is -0.340. The van der Waals surface area contributed by atoms with Gasteiger partial charge in [-0.05, 0) is 24.0 Å². The number of hydrogen-bond donors (Lipinski definition) is 1. The van der Waals surface area contributed by atoms with Crippen LogP contribution >= 0.6 is 15.9 Å². The van der Waals surface area contributed by atoms with Crippen molar-refractivity contribution in [3.63, 3.8) is 0 Å². The fourth-order valence-corrected chi connectivity index (χ4v) is 1.57. The minimum atomic E-state index is 0.234. The van der Waals surface area contributed by atoms with Gasteiger partial charge in [0.05, 0.1) is 0 Å². The van der Waals surface area contributed by atoms with Gasteiger partial charge in [0.1, 0.15) is 0 Å². The van der Waals surface area contributed by atoms with E-state index < -0.39 is 0 Å². The van der Waals surface area contributed by atoms with Crippen molar-refractivity contribution in [2.24, 2.45) is 0 Å². The molecule has 0 aliphatic rings. The molecule has 0 amide bonds. The molecule has 0 spiro atoms. The van der Waals surface area contributed by atoms with E-state index in [1.165, 1.54) is 11.1 Å². The van der Waals surface area contributed by atoms with Crippen LogP contribution in [0.25, 0.3) is 0 Å². The molecule has 1 N–H and O–H groups in total. The molecule has 0 heterocycles. The van der Waals surface area contributed by atoms with E-state index >= 15 is 0 Å². The van der Waals surface area contributed by atoms with Crippen LogP contribution in [0.5, 0.6) is 0 Å². The first kappa shape index (κ1) is 13.7. The van der Waals surface area contributed by atoms with Crippen LogP contribution in [0.1, 0.15) is 25.0 Å². The summed E-state index contributed by atoms with van der Waals surface area (Å²) in [7, 11) is 0. The van der Waals surface area contributed by atoms with E-state index in [4.69, 9.17) is 5.11 Å². The number of rotatable bonds is 4. The SMILES string of the molecule is CC.OCCc1ccc(CCBr)cc1. The van der Waals surface area contributed by atoms with Crippen molar-refractivity contribution in [2.75, 3.05) is 11.9 Å². The van der Waals surface area contributed by atoms with Crippen molar-refractivity contribution in [1.82, 2.24) is 0 Å². The molecule has 0 bridgehead atoms. The second kappa shape index (κ2) is 9.22. The van der Waals surface area contributed by atoms with E-state index in [0.717, 1.165) is 18.2 Å². The van der Waals surface area contributed by atoms with Gasteiger partial charge in [0, 0.05) is 11.9 Å². The van der Waals surface area contributed by atoms with Gasteiger partial charge < -0.3 is 5.11 Å². The minimum Gasteiger partial charge on any atom is -0.396 e. The third-order valence-corrected chi connectivity index (χ3v) is 2.20. The molecule has 14 heavy (non-hydrogen) atoms. The summed E-state index contributed by atoms with van der Waals surface area (Å²) < 4.78 is 0. The number of aliphatic hydroxyl groups excluding tert-OH is 1. The predicted molar refractivity (Wildman–Crippen MR) is 66.1 cm³/mol. The molecule has 1 aromatic carbocycles. The van der Waals surface area contributed by atoms with Crippen molar-refractivity contribution in [3.05, 3.63) is 35.4 Å². The maximum atomic E-state index is 8.68. The highest BCUT2D eigenvalue weighted by molar-refractivity contribution is 9.09. The van der Waals surface area contributed by atoms with E-state index in [0.29, 0.717) is 0 Å². The predicted octanol–water partition coefficient (Wildman–Crippen LogP) is 3.19. The van der Waals surface area contributed by atoms with Gasteiger partial charge in [0.25, 0.3) is 0 Å². The Morgan fingerprint density at radius 2 is 1.43 bits per heavy atom. The van der Waals surface area contributed by atoms with Crippen LogP contribution in [0.2, 0.25) is 0 Å². The zero-order chi connectivity index (χ0) is 10.8. The van der Waals surface area contributed by atoms with Crippen LogP contribution < -0.4 is 0 Å². The minimum absolute atomic E-state index is 0.234. The van der Waals surface area contributed by atoms with Crippen LogP contribution in [0.3, 0.4) is 0 Å². The molecule has 0 aliphatic heterocycles. The van der Waals surface area contributed by atoms with Gasteiger partial charge in [-0.25, -0.2) is 0 Å². The summed E-state index contributed by atoms with van der Waals surface area (Å²) in [5, 5.41) is 9.69. The number of alkyl halides is 1. The fourth-order valence-electron chi connectivity index (χ4n) is 1.11. The maximum absolute atomic E-state index is 8.68. The molecular weight excluding hydrogens is 240 g/mol. The molecule has 80 valence electrons. The zero-order valence-corrected chi connectivity index (χ0v) is 10.5. The van der Waals surface area contributed by atoms with E-state index in [1.807, 2.05) is 13.8 Å². The highest BCUT2D eigenvalue weighted by atomic mass is 79.9. The molecule has 0 aliphatic carbocycles. The van der Waals surface area contributed by atoms with Crippen molar-refractivity contribution < 1.29 is 5.11 Å². The van der Waals surface area contributed by atoms with Gasteiger partial charge in [-0.2, -0.15) is 0 Å². The van der Waals surface area contributed by atoms with Crippen molar-refractivity contribution in [3.8, 4) is 0 Å². The topological polar surface area (TPSA) is 20.2 Å². The summed E-state index contributed by atoms with van der Waals surface area (Å²) >= 11 is 3.40. The average molecular weight is 259 g/mol. The first-order valence-corrected chi connectivity index (χ1v) is 6.23. The lowest BCUT2D eigenvalue weighted by atomic mass is 10.1. The first-order valence-electron chi connectivity index (χ1n) is 5.11. The van der Waals surface area contributed by atoms with Crippen LogP contribution in [0, 0.1) is 0 Å². The van der Waals surface area contributed by atoms with E-state index in [1.54, 1.807) is 0 Å². The Balaban J connectivity index is 0.000000791. The largest absolute Gasteiger partial charge is 0.396 e. The first-order chi connectivity index (χ1) is 6.86. The Labute approximate surface area is 95.3 Å². The smallest absolute Gasteiger partial charge is 0.0471 e. The molecule has 1 nitrogen and oxygen atoms in total. The van der Waals surface area contributed by atoms with Crippen molar-refractivity contribution in [2.45, 2.75) is 26.7 Å². The molecule has 0 unspecified atom stereocenters. The molecule has 0 fully saturated rings. The van der Waals surface area contributed by atoms with Crippen LogP contribution in [-0.2, 0) is 12.8 Å². The summed E-state index contributed by atoms with van der Waals surface area (Å²) in [4.78, 5) is 0. The molecular formula is C12H19BrO. The lowest BCUT2D eigenvalue weighted by Crippen LogP contribution is -1.91. The monoisotopic (exact) mass is 258 g/mol. The standard InChI is InChI=1S/C10H13BrO.C2H6/c11-7-5-9-1-3-10(4-2-9)6-8-12;1-2/h1-4,12H,5-8H2;1-2H3. The Bertz CT molecular complexity index is 193. The number of aliphatic hydroxyl groups is 1. The molecule has 0 atom stereocenters. The Kier molecular flexibility index (Phi) is 9.00. The Morgan fingerprint density at radius 1 is 1.00 bits per heavy atom. The van der Waals surface area contributed by atoms with E-state index in [2.05, 4.69) is 40.2 Å². The van der Waals surface area contributed by atoms with Crippen LogP contribution in [0.4, 0.5) is 0 Å². The second-order valence-electron chi connectivity index (χ2n) is 2.73. The third-order valence-electron chi connectivity index (χ3n) is 1.81. The lowest BCUT2D eigenvalue weighted by Gasteiger charge is -2.00. The van der Waals surface area contributed by atoms with E-state index in [9.17, 15) is 0 Å². The van der Waals surface area contributed by atoms with Crippen molar-refractivity contribution >= 4 is 15.9 Å². The van der Waals surface area contributed by atoms with Gasteiger partial charge in [-0.15, -0.1) is 0 Å². The highest BCUT2D eigenvalue weighted by Crippen LogP contribution is 2.06. The lowest BCUT2D eigenvalue weighted by molar-refractivity contribution is 0.299. The molecule has 1 rings (SSSR count). The van der Waals surface area contributed by atoms with Crippen molar-refractivity contribution in [1.29, 1.82) is 0 Å². The molecule has 0 saturated carbocycles. The van der Waals surface area contributed by atoms with Gasteiger partial charge in [0.15, 0.2) is 0 Å². The van der Waals surface area contributed by atoms with Gasteiger partial charge in [-0.1, -0.05) is 54.0 Å². The maximum Gasteiger partial charge on any atom is 0.0471 e. The Morgan fingerprint density at radius 3 is 1.79 bits per heavy atom. The van der Waals surface area contributed by atoms with Crippen LogP contribution in [-0.4, -0.2) is 17.0 Å². The van der Waals surface area contributed by atoms with Crippen LogP contribution in [0.15, 0.2) is 24.3 Å². The van der Waals surface area contributed by atoms with Gasteiger partial charge >= 0.3 is 0 Å². The normalized spacial score (nSPS) is 9.14. The second-order valence-corrected chi connectivity index (χ2v) is 3.52. The number of hydrogen-bond acceptors (Lipinski definition) is 1. The van der Waals surface area contributed by atoms with Gasteiger partial charge in [-0.3, -0.25) is 0 Å². The summed E-state index contributed by atoms with van der Waals surface area (Å²) in [6.45, 7) is 4.23. The zero-order valence-electron chi connectivity index (χ0n) is 8.96. The average Bonchev–Trinajstić information content (AvgIpc) is 2.25. The fraction of sp³-hybridized carbons (Fsp3) is 0.500. The molecule has 1 aromatic rings. The number of aryl methyl sites for hydroxylation is 1. The summed E-state index contributed by atoms with van der Waals surface area (Å²) in [6, 6.07) is 8.39. The number of halogens is 1.